The fraction of sp³-hybridized carbons (Fsp3) is 0.533. The molecule has 1 atom stereocenters. The van der Waals surface area contributed by atoms with E-state index < -0.39 is 0 Å². The molecule has 1 unspecified atom stereocenters. The van der Waals surface area contributed by atoms with Crippen molar-refractivity contribution in [3.63, 3.8) is 0 Å². The first-order valence-corrected chi connectivity index (χ1v) is 7.02. The summed E-state index contributed by atoms with van der Waals surface area (Å²) in [5, 5.41) is 2.66. The number of fused-ring (bicyclic) bond motifs is 1. The van der Waals surface area contributed by atoms with E-state index in [0.29, 0.717) is 6.42 Å². The van der Waals surface area contributed by atoms with Crippen LogP contribution in [0.4, 0.5) is 5.69 Å². The van der Waals surface area contributed by atoms with Crippen molar-refractivity contribution in [3.05, 3.63) is 29.8 Å². The average Bonchev–Trinajstić information content (AvgIpc) is 2.59. The van der Waals surface area contributed by atoms with Crippen molar-refractivity contribution in [2.24, 2.45) is 5.73 Å². The number of carbonyl (C=O) groups is 1. The third kappa shape index (κ3) is 3.47. The molecule has 0 spiro atoms. The first-order valence-electron chi connectivity index (χ1n) is 7.02. The van der Waals surface area contributed by atoms with Gasteiger partial charge in [-0.15, -0.1) is 0 Å². The van der Waals surface area contributed by atoms with Crippen LogP contribution in [0, 0.1) is 0 Å². The summed E-state index contributed by atoms with van der Waals surface area (Å²) in [6.45, 7) is 1.94. The maximum absolute atomic E-state index is 11.3. The maximum Gasteiger partial charge on any atom is 0.219 e. The predicted molar refractivity (Wildman–Crippen MR) is 78.1 cm³/mol. The Morgan fingerprint density at radius 2 is 2.26 bits per heavy atom. The Bertz CT molecular complexity index is 433. The Hall–Kier alpha value is -1.55. The largest absolute Gasteiger partial charge is 0.371 e. The molecule has 0 aromatic heterocycles. The van der Waals surface area contributed by atoms with E-state index in [-0.39, 0.29) is 11.9 Å². The standard InChI is InChI=1S/C15H23N3O/c1-17-15(19)9-5-11-18-10-4-7-13(16)12-6-2-3-8-14(12)18/h2-3,6,8,13H,4-5,7,9-11,16H2,1H3,(H,17,19). The van der Waals surface area contributed by atoms with Crippen LogP contribution in [0.3, 0.4) is 0 Å². The zero-order valence-corrected chi connectivity index (χ0v) is 11.6. The van der Waals surface area contributed by atoms with Crippen molar-refractivity contribution >= 4 is 11.6 Å². The van der Waals surface area contributed by atoms with Crippen LogP contribution in [0.1, 0.15) is 37.3 Å². The first kappa shape index (κ1) is 13.9. The van der Waals surface area contributed by atoms with Crippen molar-refractivity contribution in [2.45, 2.75) is 31.7 Å². The maximum atomic E-state index is 11.3. The highest BCUT2D eigenvalue weighted by Crippen LogP contribution is 2.31. The predicted octanol–water partition coefficient (Wildman–Crippen LogP) is 1.81. The van der Waals surface area contributed by atoms with Crippen LogP contribution >= 0.6 is 0 Å². The van der Waals surface area contributed by atoms with Crippen LogP contribution in [0.2, 0.25) is 0 Å². The van der Waals surface area contributed by atoms with Crippen LogP contribution in [-0.4, -0.2) is 26.0 Å². The molecule has 0 aliphatic carbocycles. The number of rotatable bonds is 4. The number of nitrogens with one attached hydrogen (secondary N) is 1. The zero-order chi connectivity index (χ0) is 13.7. The number of benzene rings is 1. The van der Waals surface area contributed by atoms with Gasteiger partial charge in [-0.2, -0.15) is 0 Å². The highest BCUT2D eigenvalue weighted by molar-refractivity contribution is 5.75. The minimum absolute atomic E-state index is 0.111. The number of hydrogen-bond donors (Lipinski definition) is 2. The Balaban J connectivity index is 2.04. The molecule has 1 heterocycles. The summed E-state index contributed by atoms with van der Waals surface area (Å²) >= 11 is 0. The van der Waals surface area contributed by atoms with E-state index in [4.69, 9.17) is 5.73 Å². The molecule has 0 radical (unpaired) electrons. The lowest BCUT2D eigenvalue weighted by atomic mass is 10.0. The number of amides is 1. The molecule has 1 aliphatic rings. The van der Waals surface area contributed by atoms with Crippen LogP contribution in [0.25, 0.3) is 0 Å². The van der Waals surface area contributed by atoms with Gasteiger partial charge in [0.1, 0.15) is 0 Å². The van der Waals surface area contributed by atoms with Gasteiger partial charge in [0.15, 0.2) is 0 Å². The summed E-state index contributed by atoms with van der Waals surface area (Å²) in [6.07, 6.45) is 3.60. The second kappa shape index (κ2) is 6.57. The van der Waals surface area contributed by atoms with E-state index in [1.807, 2.05) is 6.07 Å². The fourth-order valence-corrected chi connectivity index (χ4v) is 2.65. The molecule has 19 heavy (non-hydrogen) atoms. The lowest BCUT2D eigenvalue weighted by Gasteiger charge is -2.25. The Labute approximate surface area is 115 Å². The summed E-state index contributed by atoms with van der Waals surface area (Å²) in [5.74, 6) is 0.111. The second-order valence-corrected chi connectivity index (χ2v) is 5.07. The van der Waals surface area contributed by atoms with E-state index in [1.165, 1.54) is 11.3 Å². The van der Waals surface area contributed by atoms with Crippen LogP contribution in [-0.2, 0) is 4.79 Å². The van der Waals surface area contributed by atoms with Crippen molar-refractivity contribution in [2.75, 3.05) is 25.0 Å². The first-order chi connectivity index (χ1) is 9.22. The Morgan fingerprint density at radius 3 is 3.05 bits per heavy atom. The molecule has 2 rings (SSSR count). The van der Waals surface area contributed by atoms with E-state index >= 15 is 0 Å². The summed E-state index contributed by atoms with van der Waals surface area (Å²) in [5.41, 5.74) is 8.69. The molecule has 1 aromatic rings. The van der Waals surface area contributed by atoms with Gasteiger partial charge in [0, 0.05) is 38.3 Å². The number of carbonyl (C=O) groups excluding carboxylic acids is 1. The molecule has 1 aliphatic heterocycles. The highest BCUT2D eigenvalue weighted by Gasteiger charge is 2.19. The smallest absolute Gasteiger partial charge is 0.219 e. The molecule has 1 aromatic carbocycles. The van der Waals surface area contributed by atoms with Crippen molar-refractivity contribution in [1.29, 1.82) is 0 Å². The number of hydrogen-bond acceptors (Lipinski definition) is 3. The van der Waals surface area contributed by atoms with Crippen LogP contribution in [0.5, 0.6) is 0 Å². The summed E-state index contributed by atoms with van der Waals surface area (Å²) in [4.78, 5) is 13.6. The number of nitrogens with zero attached hydrogens (tertiary/aromatic N) is 1. The number of nitrogens with two attached hydrogens (primary N) is 1. The lowest BCUT2D eigenvalue weighted by Crippen LogP contribution is -2.27. The SMILES string of the molecule is CNC(=O)CCCN1CCCC(N)c2ccccc21. The molecule has 4 nitrogen and oxygen atoms in total. The van der Waals surface area contributed by atoms with Gasteiger partial charge in [0.05, 0.1) is 0 Å². The monoisotopic (exact) mass is 261 g/mol. The minimum Gasteiger partial charge on any atom is -0.371 e. The fourth-order valence-electron chi connectivity index (χ4n) is 2.65. The van der Waals surface area contributed by atoms with Gasteiger partial charge in [-0.1, -0.05) is 18.2 Å². The molecule has 104 valence electrons. The van der Waals surface area contributed by atoms with Gasteiger partial charge >= 0.3 is 0 Å². The van der Waals surface area contributed by atoms with E-state index in [2.05, 4.69) is 28.4 Å². The molecule has 3 N–H and O–H groups in total. The molecule has 1 amide bonds. The quantitative estimate of drug-likeness (QED) is 0.869. The molecular weight excluding hydrogens is 238 g/mol. The van der Waals surface area contributed by atoms with Gasteiger partial charge in [-0.25, -0.2) is 0 Å². The van der Waals surface area contributed by atoms with Crippen molar-refractivity contribution < 1.29 is 4.79 Å². The zero-order valence-electron chi connectivity index (χ0n) is 11.6. The number of anilines is 1. The Kier molecular flexibility index (Phi) is 4.80. The normalized spacial score (nSPS) is 18.6. The Morgan fingerprint density at radius 1 is 1.47 bits per heavy atom. The molecule has 0 saturated carbocycles. The topological polar surface area (TPSA) is 58.4 Å². The summed E-state index contributed by atoms with van der Waals surface area (Å²) < 4.78 is 0. The van der Waals surface area contributed by atoms with Gasteiger partial charge in [0.2, 0.25) is 5.91 Å². The number of para-hydroxylation sites is 1. The van der Waals surface area contributed by atoms with Gasteiger partial charge < -0.3 is 16.0 Å². The lowest BCUT2D eigenvalue weighted by molar-refractivity contribution is -0.120. The van der Waals surface area contributed by atoms with Crippen molar-refractivity contribution in [3.8, 4) is 0 Å². The minimum atomic E-state index is 0.111. The second-order valence-electron chi connectivity index (χ2n) is 5.07. The molecule has 0 saturated heterocycles. The third-order valence-corrected chi connectivity index (χ3v) is 3.73. The third-order valence-electron chi connectivity index (χ3n) is 3.73. The van der Waals surface area contributed by atoms with Crippen LogP contribution in [0.15, 0.2) is 24.3 Å². The highest BCUT2D eigenvalue weighted by atomic mass is 16.1. The molecule has 4 heteroatoms. The molecule has 0 bridgehead atoms. The van der Waals surface area contributed by atoms with Gasteiger partial charge in [-0.05, 0) is 30.9 Å². The van der Waals surface area contributed by atoms with Gasteiger partial charge in [-0.3, -0.25) is 4.79 Å². The average molecular weight is 261 g/mol. The van der Waals surface area contributed by atoms with Gasteiger partial charge in [0.25, 0.3) is 0 Å². The molecule has 0 fully saturated rings. The van der Waals surface area contributed by atoms with E-state index in [9.17, 15) is 4.79 Å². The van der Waals surface area contributed by atoms with Crippen LogP contribution < -0.4 is 16.0 Å². The van der Waals surface area contributed by atoms with E-state index in [0.717, 1.165) is 32.4 Å². The molecular formula is C15H23N3O. The van der Waals surface area contributed by atoms with E-state index in [1.54, 1.807) is 7.05 Å². The van der Waals surface area contributed by atoms with Crippen molar-refractivity contribution in [1.82, 2.24) is 5.32 Å². The summed E-state index contributed by atoms with van der Waals surface area (Å²) in [7, 11) is 1.68. The summed E-state index contributed by atoms with van der Waals surface area (Å²) in [6, 6.07) is 8.51.